The lowest BCUT2D eigenvalue weighted by atomic mass is 9.95. The number of carbonyl (C=O) groups is 1. The van der Waals surface area contributed by atoms with Gasteiger partial charge in [0.1, 0.15) is 18.4 Å². The van der Waals surface area contributed by atoms with E-state index in [0.717, 1.165) is 16.7 Å². The number of rotatable bonds is 8. The second kappa shape index (κ2) is 10.1. The lowest BCUT2D eigenvalue weighted by Gasteiger charge is -2.27. The van der Waals surface area contributed by atoms with Crippen LogP contribution in [0.4, 0.5) is 5.95 Å². The average Bonchev–Trinajstić information content (AvgIpc) is 3.35. The molecule has 5 rings (SSSR count). The zero-order valence-electron chi connectivity index (χ0n) is 20.8. The maximum atomic E-state index is 12.5. The molecule has 9 nitrogen and oxygen atoms in total. The summed E-state index contributed by atoms with van der Waals surface area (Å²) in [4.78, 5) is 17.2. The van der Waals surface area contributed by atoms with E-state index in [9.17, 15) is 4.79 Å². The van der Waals surface area contributed by atoms with Crippen LogP contribution in [0.3, 0.4) is 0 Å². The molecule has 1 aliphatic heterocycles. The summed E-state index contributed by atoms with van der Waals surface area (Å²) >= 11 is 0. The summed E-state index contributed by atoms with van der Waals surface area (Å²) in [5.41, 5.74) is 9.50. The van der Waals surface area contributed by atoms with E-state index in [1.165, 1.54) is 0 Å². The SMILES string of the molecule is COc1ccc(-c2nc3n(n2)C(c2ccc(OCc4ccccc4)cc2)C(C(N)=O)=C(C)N3)cc1OC. The monoisotopic (exact) mass is 497 g/mol. The zero-order chi connectivity index (χ0) is 25.9. The third-order valence-electron chi connectivity index (χ3n) is 6.20. The number of nitrogens with zero attached hydrogens (tertiary/aromatic N) is 3. The number of fused-ring (bicyclic) bond motifs is 1. The highest BCUT2D eigenvalue weighted by Crippen LogP contribution is 2.38. The van der Waals surface area contributed by atoms with E-state index >= 15 is 0 Å². The molecule has 188 valence electrons. The molecule has 0 fully saturated rings. The molecule has 0 saturated heterocycles. The second-order valence-electron chi connectivity index (χ2n) is 8.55. The lowest BCUT2D eigenvalue weighted by molar-refractivity contribution is -0.115. The van der Waals surface area contributed by atoms with Crippen LogP contribution in [-0.4, -0.2) is 34.9 Å². The van der Waals surface area contributed by atoms with Gasteiger partial charge in [0.25, 0.3) is 0 Å². The molecular formula is C28H27N5O4. The summed E-state index contributed by atoms with van der Waals surface area (Å²) in [5.74, 6) is 2.32. The van der Waals surface area contributed by atoms with Gasteiger partial charge in [-0.1, -0.05) is 42.5 Å². The minimum atomic E-state index is -0.557. The van der Waals surface area contributed by atoms with Crippen molar-refractivity contribution >= 4 is 11.9 Å². The van der Waals surface area contributed by atoms with Crippen molar-refractivity contribution in [1.29, 1.82) is 0 Å². The number of allylic oxidation sites excluding steroid dienone is 1. The molecule has 1 unspecified atom stereocenters. The van der Waals surface area contributed by atoms with Gasteiger partial charge in [-0.15, -0.1) is 5.10 Å². The molecule has 4 aromatic rings. The molecule has 3 aromatic carbocycles. The maximum absolute atomic E-state index is 12.5. The lowest BCUT2D eigenvalue weighted by Crippen LogP contribution is -2.31. The van der Waals surface area contributed by atoms with Crippen molar-refractivity contribution in [1.82, 2.24) is 14.8 Å². The number of nitrogens with two attached hydrogens (primary N) is 1. The Balaban J connectivity index is 1.48. The Kier molecular flexibility index (Phi) is 6.51. The van der Waals surface area contributed by atoms with E-state index in [0.29, 0.717) is 46.9 Å². The molecule has 0 saturated carbocycles. The Morgan fingerprint density at radius 3 is 2.41 bits per heavy atom. The number of primary amides is 1. The van der Waals surface area contributed by atoms with Crippen LogP contribution < -0.4 is 25.3 Å². The van der Waals surface area contributed by atoms with Crippen LogP contribution in [0.15, 0.2) is 84.1 Å². The van der Waals surface area contributed by atoms with Crippen molar-refractivity contribution in [3.05, 3.63) is 95.2 Å². The first-order chi connectivity index (χ1) is 18.0. The number of hydrogen-bond donors (Lipinski definition) is 2. The Bertz CT molecular complexity index is 1460. The van der Waals surface area contributed by atoms with Gasteiger partial charge >= 0.3 is 0 Å². The molecule has 3 N–H and O–H groups in total. The molecule has 1 atom stereocenters. The molecule has 9 heteroatoms. The van der Waals surface area contributed by atoms with E-state index in [1.807, 2.05) is 66.7 Å². The van der Waals surface area contributed by atoms with Crippen LogP contribution in [0.2, 0.25) is 0 Å². The standard InChI is InChI=1S/C28H27N5O4/c1-17-24(26(29)34)25(19-9-12-21(13-10-19)37-16-18-7-5-4-6-8-18)33-28(30-17)31-27(32-33)20-11-14-22(35-2)23(15-20)36-3/h4-15,25H,16H2,1-3H3,(H2,29,34)(H,30,31,32). The number of carbonyl (C=O) groups excluding carboxylic acids is 1. The van der Waals surface area contributed by atoms with Gasteiger partial charge in [-0.3, -0.25) is 4.79 Å². The van der Waals surface area contributed by atoms with Crippen LogP contribution >= 0.6 is 0 Å². The highest BCUT2D eigenvalue weighted by atomic mass is 16.5. The van der Waals surface area contributed by atoms with Gasteiger partial charge in [0.05, 0.1) is 19.8 Å². The van der Waals surface area contributed by atoms with Gasteiger partial charge in [0.15, 0.2) is 17.3 Å². The van der Waals surface area contributed by atoms with Crippen LogP contribution in [-0.2, 0) is 11.4 Å². The minimum absolute atomic E-state index is 0.411. The van der Waals surface area contributed by atoms with Crippen molar-refractivity contribution in [3.63, 3.8) is 0 Å². The fourth-order valence-corrected chi connectivity index (χ4v) is 4.36. The number of methoxy groups -OCH3 is 2. The summed E-state index contributed by atoms with van der Waals surface area (Å²) in [5, 5.41) is 7.92. The topological polar surface area (TPSA) is 114 Å². The fraction of sp³-hybridized carbons (Fsp3) is 0.179. The van der Waals surface area contributed by atoms with Gasteiger partial charge in [-0.2, -0.15) is 4.98 Å². The highest BCUT2D eigenvalue weighted by Gasteiger charge is 2.33. The predicted molar refractivity (Wildman–Crippen MR) is 139 cm³/mol. The van der Waals surface area contributed by atoms with E-state index in [-0.39, 0.29) is 0 Å². The molecule has 0 spiro atoms. The third kappa shape index (κ3) is 4.71. The van der Waals surface area contributed by atoms with E-state index in [4.69, 9.17) is 25.0 Å². The van der Waals surface area contributed by atoms with Crippen molar-refractivity contribution < 1.29 is 19.0 Å². The Labute approximate surface area is 214 Å². The van der Waals surface area contributed by atoms with Crippen LogP contribution in [0.25, 0.3) is 11.4 Å². The third-order valence-corrected chi connectivity index (χ3v) is 6.20. The molecule has 0 bridgehead atoms. The predicted octanol–water partition coefficient (Wildman–Crippen LogP) is 4.32. The summed E-state index contributed by atoms with van der Waals surface area (Å²) < 4.78 is 18.4. The van der Waals surface area contributed by atoms with Gasteiger partial charge in [-0.25, -0.2) is 4.68 Å². The number of benzene rings is 3. The number of amides is 1. The van der Waals surface area contributed by atoms with Crippen LogP contribution in [0, 0.1) is 0 Å². The quantitative estimate of drug-likeness (QED) is 0.373. The molecule has 1 aliphatic rings. The number of aromatic nitrogens is 3. The number of anilines is 1. The first-order valence-corrected chi connectivity index (χ1v) is 11.7. The summed E-state index contributed by atoms with van der Waals surface area (Å²) in [6, 6.07) is 22.4. The van der Waals surface area contributed by atoms with E-state index in [2.05, 4.69) is 10.3 Å². The Morgan fingerprint density at radius 1 is 1.00 bits per heavy atom. The number of ether oxygens (including phenoxy) is 3. The van der Waals surface area contributed by atoms with Crippen LogP contribution in [0.1, 0.15) is 24.1 Å². The molecule has 0 aliphatic carbocycles. The molecule has 37 heavy (non-hydrogen) atoms. The fourth-order valence-electron chi connectivity index (χ4n) is 4.36. The zero-order valence-corrected chi connectivity index (χ0v) is 20.8. The van der Waals surface area contributed by atoms with Crippen molar-refractivity contribution in [3.8, 4) is 28.6 Å². The summed E-state index contributed by atoms with van der Waals surface area (Å²) in [7, 11) is 3.15. The number of nitrogens with one attached hydrogen (secondary N) is 1. The van der Waals surface area contributed by atoms with Gasteiger partial charge in [0.2, 0.25) is 11.9 Å². The van der Waals surface area contributed by atoms with Crippen molar-refractivity contribution in [2.45, 2.75) is 19.6 Å². The van der Waals surface area contributed by atoms with E-state index < -0.39 is 11.9 Å². The van der Waals surface area contributed by atoms with E-state index in [1.54, 1.807) is 31.9 Å². The van der Waals surface area contributed by atoms with Crippen molar-refractivity contribution in [2.24, 2.45) is 5.73 Å². The summed E-state index contributed by atoms with van der Waals surface area (Å²) in [6.45, 7) is 2.26. The molecular weight excluding hydrogens is 470 g/mol. The Morgan fingerprint density at radius 2 is 1.73 bits per heavy atom. The van der Waals surface area contributed by atoms with Gasteiger partial charge in [-0.05, 0) is 48.4 Å². The van der Waals surface area contributed by atoms with Gasteiger partial charge in [0, 0.05) is 11.3 Å². The molecule has 1 amide bonds. The molecule has 1 aromatic heterocycles. The smallest absolute Gasteiger partial charge is 0.248 e. The number of hydrogen-bond acceptors (Lipinski definition) is 7. The largest absolute Gasteiger partial charge is 0.493 e. The first-order valence-electron chi connectivity index (χ1n) is 11.7. The van der Waals surface area contributed by atoms with Gasteiger partial charge < -0.3 is 25.3 Å². The average molecular weight is 498 g/mol. The molecule has 2 heterocycles. The first kappa shape index (κ1) is 23.9. The van der Waals surface area contributed by atoms with Crippen molar-refractivity contribution in [2.75, 3.05) is 19.5 Å². The second-order valence-corrected chi connectivity index (χ2v) is 8.55. The van der Waals surface area contributed by atoms with Crippen LogP contribution in [0.5, 0.6) is 17.2 Å². The maximum Gasteiger partial charge on any atom is 0.248 e. The normalized spacial score (nSPS) is 14.5. The minimum Gasteiger partial charge on any atom is -0.493 e. The molecule has 0 radical (unpaired) electrons. The summed E-state index contributed by atoms with van der Waals surface area (Å²) in [6.07, 6.45) is 0. The Hall–Kier alpha value is -4.79. The highest BCUT2D eigenvalue weighted by molar-refractivity contribution is 5.95.